The Bertz CT molecular complexity index is 627. The van der Waals surface area contributed by atoms with Crippen LogP contribution in [-0.4, -0.2) is 29.9 Å². The second-order valence-electron chi connectivity index (χ2n) is 4.37. The van der Waals surface area contributed by atoms with E-state index in [4.69, 9.17) is 10.2 Å². The summed E-state index contributed by atoms with van der Waals surface area (Å²) in [5.41, 5.74) is 7.79. The van der Waals surface area contributed by atoms with Crippen molar-refractivity contribution in [1.82, 2.24) is 9.88 Å². The van der Waals surface area contributed by atoms with Crippen LogP contribution in [0.2, 0.25) is 0 Å². The molecule has 0 saturated heterocycles. The van der Waals surface area contributed by atoms with Crippen LogP contribution < -0.4 is 11.5 Å². The Hall–Kier alpha value is -2.08. The average molecular weight is 249 g/mol. The number of hydrogen-bond acceptors (Lipinski definition) is 4. The summed E-state index contributed by atoms with van der Waals surface area (Å²) in [6.45, 7) is 0. The highest BCUT2D eigenvalue weighted by molar-refractivity contribution is 5.77. The van der Waals surface area contributed by atoms with Crippen LogP contribution in [-0.2, 0) is 4.79 Å². The Morgan fingerprint density at radius 3 is 2.89 bits per heavy atom. The van der Waals surface area contributed by atoms with Crippen molar-refractivity contribution in [2.75, 3.05) is 14.1 Å². The number of fused-ring (bicyclic) bond motifs is 1. The molecule has 1 heterocycles. The molecule has 2 aromatic rings. The number of hydrogen-bond donors (Lipinski definition) is 2. The quantitative estimate of drug-likeness (QED) is 0.833. The maximum Gasteiger partial charge on any atom is 0.417 e. The molecule has 3 N–H and O–H groups in total. The molecule has 0 aliphatic carbocycles. The van der Waals surface area contributed by atoms with Crippen LogP contribution in [0, 0.1) is 0 Å². The van der Waals surface area contributed by atoms with Crippen molar-refractivity contribution >= 4 is 17.0 Å². The first-order valence-corrected chi connectivity index (χ1v) is 5.56. The molecule has 0 bridgehead atoms. The van der Waals surface area contributed by atoms with E-state index in [2.05, 4.69) is 4.98 Å². The zero-order valence-electron chi connectivity index (χ0n) is 10.3. The number of H-pyrrole nitrogens is 1. The standard InChI is InChI=1S/C12H15N3O3/c1-15(2)11(16)6-8(13)7-3-4-9-10(5-7)18-12(17)14-9/h3-5,8H,6,13H2,1-2H3,(H,14,17). The summed E-state index contributed by atoms with van der Waals surface area (Å²) in [5, 5.41) is 0. The van der Waals surface area contributed by atoms with Gasteiger partial charge >= 0.3 is 5.76 Å². The number of nitrogens with two attached hydrogens (primary N) is 1. The van der Waals surface area contributed by atoms with E-state index in [0.29, 0.717) is 11.1 Å². The van der Waals surface area contributed by atoms with Crippen LogP contribution in [0.15, 0.2) is 27.4 Å². The summed E-state index contributed by atoms with van der Waals surface area (Å²) in [5.74, 6) is -0.543. The number of carbonyl (C=O) groups is 1. The molecule has 0 fully saturated rings. The van der Waals surface area contributed by atoms with E-state index in [1.54, 1.807) is 32.3 Å². The number of rotatable bonds is 3. The lowest BCUT2D eigenvalue weighted by atomic mass is 10.0. The number of benzene rings is 1. The van der Waals surface area contributed by atoms with Gasteiger partial charge in [0.1, 0.15) is 0 Å². The number of nitrogens with zero attached hydrogens (tertiary/aromatic N) is 1. The third-order valence-corrected chi connectivity index (χ3v) is 2.77. The molecule has 6 nitrogen and oxygen atoms in total. The summed E-state index contributed by atoms with van der Waals surface area (Å²) in [6.07, 6.45) is 0.215. The number of nitrogens with one attached hydrogen (secondary N) is 1. The Morgan fingerprint density at radius 1 is 1.50 bits per heavy atom. The SMILES string of the molecule is CN(C)C(=O)CC(N)c1ccc2[nH]c(=O)oc2c1. The van der Waals surface area contributed by atoms with Crippen LogP contribution in [0.5, 0.6) is 0 Å². The maximum atomic E-state index is 11.6. The van der Waals surface area contributed by atoms with Crippen molar-refractivity contribution < 1.29 is 9.21 Å². The van der Waals surface area contributed by atoms with Gasteiger partial charge in [0.25, 0.3) is 0 Å². The lowest BCUT2D eigenvalue weighted by molar-refractivity contribution is -0.129. The molecular weight excluding hydrogens is 234 g/mol. The van der Waals surface area contributed by atoms with Crippen molar-refractivity contribution in [3.8, 4) is 0 Å². The van der Waals surface area contributed by atoms with Gasteiger partial charge in [-0.2, -0.15) is 0 Å². The van der Waals surface area contributed by atoms with Crippen LogP contribution in [0.25, 0.3) is 11.1 Å². The predicted octanol–water partition coefficient (Wildman–Crippen LogP) is 0.599. The summed E-state index contributed by atoms with van der Waals surface area (Å²) >= 11 is 0. The number of carbonyl (C=O) groups excluding carboxylic acids is 1. The Labute approximate surface area is 103 Å². The van der Waals surface area contributed by atoms with Gasteiger partial charge in [-0.3, -0.25) is 9.78 Å². The Morgan fingerprint density at radius 2 is 2.22 bits per heavy atom. The molecule has 0 radical (unpaired) electrons. The maximum absolute atomic E-state index is 11.6. The molecule has 6 heteroatoms. The molecule has 0 spiro atoms. The monoisotopic (exact) mass is 249 g/mol. The molecule has 0 saturated carbocycles. The van der Waals surface area contributed by atoms with E-state index < -0.39 is 11.8 Å². The normalized spacial score (nSPS) is 12.6. The second-order valence-corrected chi connectivity index (χ2v) is 4.37. The first-order valence-electron chi connectivity index (χ1n) is 5.56. The fourth-order valence-corrected chi connectivity index (χ4v) is 1.68. The van der Waals surface area contributed by atoms with Crippen molar-refractivity contribution in [2.45, 2.75) is 12.5 Å². The van der Waals surface area contributed by atoms with Gasteiger partial charge in [-0.05, 0) is 17.7 Å². The zero-order valence-corrected chi connectivity index (χ0v) is 10.3. The molecule has 96 valence electrons. The molecule has 0 aliphatic heterocycles. The van der Waals surface area contributed by atoms with Crippen molar-refractivity contribution in [2.24, 2.45) is 5.73 Å². The summed E-state index contributed by atoms with van der Waals surface area (Å²) in [4.78, 5) is 26.6. The lowest BCUT2D eigenvalue weighted by Gasteiger charge is -2.15. The van der Waals surface area contributed by atoms with Crippen LogP contribution in [0.4, 0.5) is 0 Å². The average Bonchev–Trinajstić information content (AvgIpc) is 2.67. The van der Waals surface area contributed by atoms with E-state index in [-0.39, 0.29) is 12.3 Å². The largest absolute Gasteiger partial charge is 0.417 e. The number of oxazole rings is 1. The number of aromatic amines is 1. The molecule has 1 unspecified atom stereocenters. The van der Waals surface area contributed by atoms with E-state index in [1.807, 2.05) is 0 Å². The van der Waals surface area contributed by atoms with Gasteiger partial charge in [0.05, 0.1) is 5.52 Å². The minimum atomic E-state index is -0.500. The lowest BCUT2D eigenvalue weighted by Crippen LogP contribution is -2.26. The molecule has 1 atom stereocenters. The fraction of sp³-hybridized carbons (Fsp3) is 0.333. The third-order valence-electron chi connectivity index (χ3n) is 2.77. The van der Waals surface area contributed by atoms with Gasteiger partial charge in [0.15, 0.2) is 5.58 Å². The van der Waals surface area contributed by atoms with Crippen molar-refractivity contribution in [3.05, 3.63) is 34.3 Å². The predicted molar refractivity (Wildman–Crippen MR) is 67.1 cm³/mol. The third kappa shape index (κ3) is 2.43. The smallest absolute Gasteiger partial charge is 0.408 e. The molecule has 0 aliphatic rings. The van der Waals surface area contributed by atoms with Crippen molar-refractivity contribution in [3.63, 3.8) is 0 Å². The highest BCUT2D eigenvalue weighted by Crippen LogP contribution is 2.19. The molecule has 18 heavy (non-hydrogen) atoms. The topological polar surface area (TPSA) is 92.3 Å². The highest BCUT2D eigenvalue weighted by atomic mass is 16.4. The van der Waals surface area contributed by atoms with Crippen LogP contribution in [0.3, 0.4) is 0 Å². The molecule has 1 aromatic carbocycles. The summed E-state index contributed by atoms with van der Waals surface area (Å²) in [6, 6.07) is 4.77. The Balaban J connectivity index is 2.24. The van der Waals surface area contributed by atoms with Gasteiger partial charge in [0, 0.05) is 26.6 Å². The molecule has 1 amide bonds. The Kier molecular flexibility index (Phi) is 3.20. The van der Waals surface area contributed by atoms with E-state index >= 15 is 0 Å². The summed E-state index contributed by atoms with van der Waals surface area (Å²) < 4.78 is 4.95. The van der Waals surface area contributed by atoms with Crippen molar-refractivity contribution in [1.29, 1.82) is 0 Å². The minimum absolute atomic E-state index is 0.0434. The van der Waals surface area contributed by atoms with Gasteiger partial charge in [-0.25, -0.2) is 4.79 Å². The van der Waals surface area contributed by atoms with E-state index in [9.17, 15) is 9.59 Å². The van der Waals surface area contributed by atoms with E-state index in [1.165, 1.54) is 4.90 Å². The first-order chi connectivity index (χ1) is 8.47. The minimum Gasteiger partial charge on any atom is -0.408 e. The number of aromatic nitrogens is 1. The van der Waals surface area contributed by atoms with Gasteiger partial charge in [0.2, 0.25) is 5.91 Å². The molecule has 1 aromatic heterocycles. The molecular formula is C12H15N3O3. The zero-order chi connectivity index (χ0) is 13.3. The van der Waals surface area contributed by atoms with Gasteiger partial charge < -0.3 is 15.1 Å². The van der Waals surface area contributed by atoms with Gasteiger partial charge in [-0.1, -0.05) is 6.07 Å². The summed E-state index contributed by atoms with van der Waals surface area (Å²) in [7, 11) is 3.37. The first kappa shape index (κ1) is 12.4. The highest BCUT2D eigenvalue weighted by Gasteiger charge is 2.14. The van der Waals surface area contributed by atoms with Crippen LogP contribution >= 0.6 is 0 Å². The molecule has 2 rings (SSSR count). The van der Waals surface area contributed by atoms with E-state index in [0.717, 1.165) is 5.56 Å². The number of amides is 1. The fourth-order valence-electron chi connectivity index (χ4n) is 1.68. The second kappa shape index (κ2) is 4.66. The van der Waals surface area contributed by atoms with Crippen LogP contribution in [0.1, 0.15) is 18.0 Å². The van der Waals surface area contributed by atoms with Gasteiger partial charge in [-0.15, -0.1) is 0 Å².